The number of aliphatic hydroxyl groups is 1. The molecule has 0 aromatic rings. The third-order valence-electron chi connectivity index (χ3n) is 6.27. The van der Waals surface area contributed by atoms with Crippen molar-refractivity contribution in [1.82, 2.24) is 0 Å². The number of hydrogen-bond acceptors (Lipinski definition) is 1. The zero-order chi connectivity index (χ0) is 11.7. The van der Waals surface area contributed by atoms with E-state index in [1.165, 1.54) is 24.8 Å². The third-order valence-corrected chi connectivity index (χ3v) is 6.27. The van der Waals surface area contributed by atoms with Gasteiger partial charge in [0, 0.05) is 0 Å². The van der Waals surface area contributed by atoms with Crippen molar-refractivity contribution < 1.29 is 5.11 Å². The van der Waals surface area contributed by atoms with Gasteiger partial charge in [0.15, 0.2) is 0 Å². The van der Waals surface area contributed by atoms with Gasteiger partial charge in [0.1, 0.15) is 0 Å². The Hall–Kier alpha value is -0.300. The largest absolute Gasteiger partial charge is 0.393 e. The molecule has 3 aliphatic carbocycles. The van der Waals surface area contributed by atoms with Gasteiger partial charge in [-0.2, -0.15) is 0 Å². The van der Waals surface area contributed by atoms with E-state index in [0.717, 1.165) is 6.42 Å². The van der Waals surface area contributed by atoms with Crippen molar-refractivity contribution in [3.8, 4) is 0 Å². The van der Waals surface area contributed by atoms with Crippen molar-refractivity contribution in [3.63, 3.8) is 0 Å². The van der Waals surface area contributed by atoms with Crippen molar-refractivity contribution >= 4 is 0 Å². The first-order valence-electron chi connectivity index (χ1n) is 6.75. The first kappa shape index (κ1) is 10.8. The van der Waals surface area contributed by atoms with Gasteiger partial charge >= 0.3 is 0 Å². The van der Waals surface area contributed by atoms with Crippen molar-refractivity contribution in [3.05, 3.63) is 12.2 Å². The van der Waals surface area contributed by atoms with Gasteiger partial charge in [-0.25, -0.2) is 0 Å². The van der Waals surface area contributed by atoms with Crippen molar-refractivity contribution in [1.29, 1.82) is 0 Å². The van der Waals surface area contributed by atoms with Crippen LogP contribution in [0.2, 0.25) is 0 Å². The quantitative estimate of drug-likeness (QED) is 0.620. The maximum Gasteiger partial charge on any atom is 0.0581 e. The number of aliphatic hydroxyl groups excluding tert-OH is 1. The Morgan fingerprint density at radius 1 is 1.38 bits per heavy atom. The maximum atomic E-state index is 10.4. The van der Waals surface area contributed by atoms with Crippen LogP contribution in [0.25, 0.3) is 0 Å². The molecule has 3 aliphatic rings. The summed E-state index contributed by atoms with van der Waals surface area (Å²) in [7, 11) is 0. The molecule has 0 heterocycles. The van der Waals surface area contributed by atoms with Gasteiger partial charge in [-0.3, -0.25) is 0 Å². The van der Waals surface area contributed by atoms with Crippen LogP contribution in [0.1, 0.15) is 46.5 Å². The summed E-state index contributed by atoms with van der Waals surface area (Å²) in [4.78, 5) is 0. The van der Waals surface area contributed by atoms with Crippen molar-refractivity contribution in [2.75, 3.05) is 0 Å². The summed E-state index contributed by atoms with van der Waals surface area (Å²) in [6.45, 7) is 11.4. The first-order valence-corrected chi connectivity index (χ1v) is 6.75. The predicted octanol–water partition coefficient (Wildman–Crippen LogP) is 3.39. The Kier molecular flexibility index (Phi) is 1.98. The average molecular weight is 220 g/mol. The van der Waals surface area contributed by atoms with Crippen LogP contribution < -0.4 is 0 Å². The van der Waals surface area contributed by atoms with Crippen LogP contribution in [0.3, 0.4) is 0 Å². The molecule has 0 aromatic heterocycles. The molecule has 3 rings (SSSR count). The van der Waals surface area contributed by atoms with Crippen LogP contribution in [-0.4, -0.2) is 11.2 Å². The molecule has 0 saturated heterocycles. The highest BCUT2D eigenvalue weighted by atomic mass is 16.3. The highest BCUT2D eigenvalue weighted by Crippen LogP contribution is 2.72. The summed E-state index contributed by atoms with van der Waals surface area (Å²) in [5, 5.41) is 10.4. The molecule has 3 saturated carbocycles. The van der Waals surface area contributed by atoms with E-state index < -0.39 is 0 Å². The number of fused-ring (bicyclic) bond motifs is 1. The van der Waals surface area contributed by atoms with Crippen molar-refractivity contribution in [2.24, 2.45) is 28.6 Å². The van der Waals surface area contributed by atoms with E-state index in [9.17, 15) is 5.11 Å². The molecule has 1 heteroatoms. The normalized spacial score (nSPS) is 54.1. The van der Waals surface area contributed by atoms with E-state index in [-0.39, 0.29) is 11.5 Å². The summed E-state index contributed by atoms with van der Waals surface area (Å²) in [6, 6.07) is 0. The molecule has 0 radical (unpaired) electrons. The topological polar surface area (TPSA) is 20.2 Å². The molecule has 5 atom stereocenters. The Bertz CT molecular complexity index is 343. The molecular weight excluding hydrogens is 196 g/mol. The minimum Gasteiger partial charge on any atom is -0.393 e. The summed E-state index contributed by atoms with van der Waals surface area (Å²) in [5.41, 5.74) is 2.15. The van der Waals surface area contributed by atoms with E-state index in [4.69, 9.17) is 0 Å². The maximum absolute atomic E-state index is 10.4. The van der Waals surface area contributed by atoms with Crippen LogP contribution in [0.15, 0.2) is 12.2 Å². The Balaban J connectivity index is 2.11. The molecule has 0 aromatic carbocycles. The SMILES string of the molecule is C=C1CC[C@@]23C[C@@H]1C(C)(C)[C@@H]2[C@@H](O)C[C@@H]3C. The van der Waals surface area contributed by atoms with Crippen LogP contribution >= 0.6 is 0 Å². The lowest BCUT2D eigenvalue weighted by atomic mass is 9.67. The van der Waals surface area contributed by atoms with E-state index in [1.54, 1.807) is 0 Å². The fourth-order valence-corrected chi connectivity index (χ4v) is 5.59. The molecule has 0 aliphatic heterocycles. The van der Waals surface area contributed by atoms with Crippen LogP contribution in [0, 0.1) is 28.6 Å². The third kappa shape index (κ3) is 1.01. The lowest BCUT2D eigenvalue weighted by molar-refractivity contribution is 0.0300. The summed E-state index contributed by atoms with van der Waals surface area (Å²) < 4.78 is 0. The smallest absolute Gasteiger partial charge is 0.0581 e. The van der Waals surface area contributed by atoms with Crippen LogP contribution in [0.5, 0.6) is 0 Å². The highest BCUT2D eigenvalue weighted by molar-refractivity contribution is 5.24. The lowest BCUT2D eigenvalue weighted by Crippen LogP contribution is -2.35. The zero-order valence-electron chi connectivity index (χ0n) is 10.8. The van der Waals surface area contributed by atoms with E-state index in [1.807, 2.05) is 0 Å². The van der Waals surface area contributed by atoms with E-state index in [2.05, 4.69) is 27.4 Å². The molecular formula is C15H24O. The summed E-state index contributed by atoms with van der Waals surface area (Å²) in [5.74, 6) is 1.87. The Morgan fingerprint density at radius 3 is 2.75 bits per heavy atom. The zero-order valence-corrected chi connectivity index (χ0v) is 10.8. The molecule has 16 heavy (non-hydrogen) atoms. The van der Waals surface area contributed by atoms with Crippen LogP contribution in [-0.2, 0) is 0 Å². The highest BCUT2D eigenvalue weighted by Gasteiger charge is 2.66. The molecule has 1 spiro atoms. The number of rotatable bonds is 0. The molecule has 90 valence electrons. The molecule has 1 N–H and O–H groups in total. The Labute approximate surface area is 98.9 Å². The van der Waals surface area contributed by atoms with Gasteiger partial charge in [0.2, 0.25) is 0 Å². The van der Waals surface area contributed by atoms with Crippen LogP contribution in [0.4, 0.5) is 0 Å². The fraction of sp³-hybridized carbons (Fsp3) is 0.867. The van der Waals surface area contributed by atoms with Gasteiger partial charge in [0.05, 0.1) is 6.10 Å². The molecule has 0 unspecified atom stereocenters. The van der Waals surface area contributed by atoms with Gasteiger partial charge in [-0.05, 0) is 54.3 Å². The van der Waals surface area contributed by atoms with Gasteiger partial charge in [-0.15, -0.1) is 0 Å². The monoisotopic (exact) mass is 220 g/mol. The molecule has 3 fully saturated rings. The molecule has 0 amide bonds. The fourth-order valence-electron chi connectivity index (χ4n) is 5.59. The number of allylic oxidation sites excluding steroid dienone is 1. The average Bonchev–Trinajstić information content (AvgIpc) is 2.54. The minimum atomic E-state index is -0.0686. The molecule has 2 bridgehead atoms. The second kappa shape index (κ2) is 2.93. The number of hydrogen-bond donors (Lipinski definition) is 1. The standard InChI is InChI=1S/C15H24O/c1-9-5-6-15-8-11(9)14(3,4)13(15)12(16)7-10(15)2/h10-13,16H,1,5-8H2,2-4H3/t10-,11-,12-,13-,15-/m0/s1. The summed E-state index contributed by atoms with van der Waals surface area (Å²) in [6.07, 6.45) is 4.71. The van der Waals surface area contributed by atoms with Gasteiger partial charge in [0.25, 0.3) is 0 Å². The lowest BCUT2D eigenvalue weighted by Gasteiger charge is -2.38. The first-order chi connectivity index (χ1) is 7.39. The van der Waals surface area contributed by atoms with E-state index >= 15 is 0 Å². The van der Waals surface area contributed by atoms with E-state index in [0.29, 0.717) is 23.2 Å². The van der Waals surface area contributed by atoms with Crippen molar-refractivity contribution in [2.45, 2.75) is 52.6 Å². The predicted molar refractivity (Wildman–Crippen MR) is 66.0 cm³/mol. The molecule has 1 nitrogen and oxygen atoms in total. The van der Waals surface area contributed by atoms with Gasteiger partial charge < -0.3 is 5.11 Å². The Morgan fingerprint density at radius 2 is 2.06 bits per heavy atom. The minimum absolute atomic E-state index is 0.0686. The van der Waals surface area contributed by atoms with Gasteiger partial charge in [-0.1, -0.05) is 32.9 Å². The second-order valence-electron chi connectivity index (χ2n) is 7.15. The second-order valence-corrected chi connectivity index (χ2v) is 7.15. The summed E-state index contributed by atoms with van der Waals surface area (Å²) >= 11 is 0.